The molecule has 1 saturated heterocycles. The van der Waals surface area contributed by atoms with Crippen LogP contribution in [0.25, 0.3) is 0 Å². The van der Waals surface area contributed by atoms with Crippen molar-refractivity contribution in [2.45, 2.75) is 13.5 Å². The largest absolute Gasteiger partial charge is 0.497 e. The number of benzene rings is 1. The number of aromatic nitrogens is 1. The molecule has 2 aromatic rings. The highest BCUT2D eigenvalue weighted by Gasteiger charge is 2.23. The number of carbonyl (C=O) groups is 2. The third-order valence-corrected chi connectivity index (χ3v) is 5.21. The minimum atomic E-state index is -0.484. The number of aryl methyl sites for hydroxylation is 1. The van der Waals surface area contributed by atoms with Crippen LogP contribution < -0.4 is 25.8 Å². The van der Waals surface area contributed by atoms with Crippen molar-refractivity contribution in [3.05, 3.63) is 52.4 Å². The average Bonchev–Trinajstić information content (AvgIpc) is 2.78. The number of rotatable bonds is 5. The van der Waals surface area contributed by atoms with E-state index in [4.69, 9.17) is 4.74 Å². The number of carbonyl (C=O) groups excluding carboxylic acids is 2. The first kappa shape index (κ1) is 21.2. The molecule has 1 aliphatic rings. The second kappa shape index (κ2) is 9.34. The monoisotopic (exact) mass is 413 g/mol. The average molecular weight is 413 g/mol. The number of hydrogen-bond acceptors (Lipinski definition) is 5. The summed E-state index contributed by atoms with van der Waals surface area (Å²) in [6.45, 7) is 4.24. The summed E-state index contributed by atoms with van der Waals surface area (Å²) in [6.07, 6.45) is 0. The Bertz CT molecular complexity index is 980. The minimum absolute atomic E-state index is 0.0624. The topological polar surface area (TPSA) is 95.9 Å². The van der Waals surface area contributed by atoms with E-state index in [0.717, 1.165) is 11.4 Å². The Kier molecular flexibility index (Phi) is 6.61. The second-order valence-electron chi connectivity index (χ2n) is 7.05. The number of methoxy groups -OCH3 is 1. The molecule has 0 saturated carbocycles. The van der Waals surface area contributed by atoms with Crippen molar-refractivity contribution in [1.29, 1.82) is 0 Å². The standard InChI is InChI=1S/C21H27N5O4/c1-15-7-8-18(23-21(29)22-2)20(28)26(15)14-19(27)25-11-9-24(10-12-25)16-5-4-6-17(13-16)30-3/h4-8,13H,9-12,14H2,1-3H3,(H2,22,23,29). The lowest BCUT2D eigenvalue weighted by Gasteiger charge is -2.36. The van der Waals surface area contributed by atoms with Gasteiger partial charge in [0.15, 0.2) is 0 Å². The fourth-order valence-electron chi connectivity index (χ4n) is 3.40. The number of anilines is 2. The Morgan fingerprint density at radius 2 is 1.83 bits per heavy atom. The van der Waals surface area contributed by atoms with Crippen molar-refractivity contribution in [2.24, 2.45) is 0 Å². The molecule has 1 aromatic heterocycles. The number of urea groups is 1. The summed E-state index contributed by atoms with van der Waals surface area (Å²) < 4.78 is 6.67. The highest BCUT2D eigenvalue weighted by atomic mass is 16.5. The van der Waals surface area contributed by atoms with Gasteiger partial charge in [-0.3, -0.25) is 9.59 Å². The number of pyridine rings is 1. The molecule has 30 heavy (non-hydrogen) atoms. The molecule has 3 amide bonds. The molecule has 3 rings (SSSR count). The van der Waals surface area contributed by atoms with Crippen molar-refractivity contribution in [3.8, 4) is 5.75 Å². The zero-order chi connectivity index (χ0) is 21.7. The molecule has 2 N–H and O–H groups in total. The van der Waals surface area contributed by atoms with Crippen molar-refractivity contribution in [2.75, 3.05) is 50.6 Å². The molecule has 1 fully saturated rings. The molecule has 0 atom stereocenters. The van der Waals surface area contributed by atoms with Crippen LogP contribution in [-0.4, -0.2) is 61.7 Å². The molecular formula is C21H27N5O4. The Balaban J connectivity index is 1.65. The fourth-order valence-corrected chi connectivity index (χ4v) is 3.40. The van der Waals surface area contributed by atoms with Gasteiger partial charge in [-0.1, -0.05) is 6.07 Å². The van der Waals surface area contributed by atoms with Crippen LogP contribution >= 0.6 is 0 Å². The van der Waals surface area contributed by atoms with Gasteiger partial charge in [0, 0.05) is 50.7 Å². The van der Waals surface area contributed by atoms with Gasteiger partial charge in [-0.25, -0.2) is 4.79 Å². The Labute approximate surface area is 175 Å². The van der Waals surface area contributed by atoms with E-state index >= 15 is 0 Å². The van der Waals surface area contributed by atoms with Gasteiger partial charge in [0.25, 0.3) is 5.56 Å². The number of amides is 3. The minimum Gasteiger partial charge on any atom is -0.497 e. The molecule has 9 heteroatoms. The van der Waals surface area contributed by atoms with Gasteiger partial charge in [0.2, 0.25) is 5.91 Å². The zero-order valence-electron chi connectivity index (χ0n) is 17.5. The summed E-state index contributed by atoms with van der Waals surface area (Å²) in [5.74, 6) is 0.675. The van der Waals surface area contributed by atoms with E-state index in [9.17, 15) is 14.4 Å². The fraction of sp³-hybridized carbons (Fsp3) is 0.381. The van der Waals surface area contributed by atoms with Crippen LogP contribution in [0.5, 0.6) is 5.75 Å². The van der Waals surface area contributed by atoms with Crippen LogP contribution in [0.15, 0.2) is 41.2 Å². The maximum absolute atomic E-state index is 12.8. The SMILES string of the molecule is CNC(=O)Nc1ccc(C)n(CC(=O)N2CCN(c3cccc(OC)c3)CC2)c1=O. The van der Waals surface area contributed by atoms with Crippen LogP contribution in [-0.2, 0) is 11.3 Å². The van der Waals surface area contributed by atoms with Crippen molar-refractivity contribution in [1.82, 2.24) is 14.8 Å². The lowest BCUT2D eigenvalue weighted by atomic mass is 10.2. The molecule has 1 aliphatic heterocycles. The predicted octanol–water partition coefficient (Wildman–Crippen LogP) is 1.27. The maximum Gasteiger partial charge on any atom is 0.319 e. The van der Waals surface area contributed by atoms with Crippen molar-refractivity contribution < 1.29 is 14.3 Å². The maximum atomic E-state index is 12.8. The van der Waals surface area contributed by atoms with E-state index in [1.54, 1.807) is 31.1 Å². The van der Waals surface area contributed by atoms with Crippen LogP contribution in [0.3, 0.4) is 0 Å². The summed E-state index contributed by atoms with van der Waals surface area (Å²) in [6, 6.07) is 10.6. The van der Waals surface area contributed by atoms with Gasteiger partial charge >= 0.3 is 6.03 Å². The second-order valence-corrected chi connectivity index (χ2v) is 7.05. The van der Waals surface area contributed by atoms with Crippen molar-refractivity contribution in [3.63, 3.8) is 0 Å². The first-order chi connectivity index (χ1) is 14.4. The molecule has 2 heterocycles. The molecule has 160 valence electrons. The van der Waals surface area contributed by atoms with E-state index in [1.165, 1.54) is 11.6 Å². The Morgan fingerprint density at radius 1 is 1.10 bits per heavy atom. The number of nitrogens with zero attached hydrogens (tertiary/aromatic N) is 3. The molecule has 0 bridgehead atoms. The number of piperazine rings is 1. The van der Waals surface area contributed by atoms with Crippen LogP contribution in [0.4, 0.5) is 16.2 Å². The van der Waals surface area contributed by atoms with E-state index in [0.29, 0.717) is 31.9 Å². The third-order valence-electron chi connectivity index (χ3n) is 5.21. The van der Waals surface area contributed by atoms with Crippen LogP contribution in [0.2, 0.25) is 0 Å². The van der Waals surface area contributed by atoms with Gasteiger partial charge < -0.3 is 29.7 Å². The Morgan fingerprint density at radius 3 is 2.50 bits per heavy atom. The van der Waals surface area contributed by atoms with E-state index in [1.807, 2.05) is 24.3 Å². The predicted molar refractivity (Wildman–Crippen MR) is 115 cm³/mol. The van der Waals surface area contributed by atoms with Gasteiger partial charge in [-0.2, -0.15) is 0 Å². The normalized spacial score (nSPS) is 13.7. The summed E-state index contributed by atoms with van der Waals surface area (Å²) in [5, 5.41) is 4.89. The summed E-state index contributed by atoms with van der Waals surface area (Å²) >= 11 is 0. The van der Waals surface area contributed by atoms with Gasteiger partial charge in [-0.15, -0.1) is 0 Å². The first-order valence-electron chi connectivity index (χ1n) is 9.79. The van der Waals surface area contributed by atoms with Crippen LogP contribution in [0, 0.1) is 6.92 Å². The molecule has 0 aliphatic carbocycles. The van der Waals surface area contributed by atoms with Crippen molar-refractivity contribution >= 4 is 23.3 Å². The van der Waals surface area contributed by atoms with Gasteiger partial charge in [-0.05, 0) is 31.2 Å². The van der Waals surface area contributed by atoms with Crippen LogP contribution in [0.1, 0.15) is 5.69 Å². The summed E-state index contributed by atoms with van der Waals surface area (Å²) in [5.41, 5.74) is 1.45. The summed E-state index contributed by atoms with van der Waals surface area (Å²) in [7, 11) is 3.11. The van der Waals surface area contributed by atoms with E-state index in [-0.39, 0.29) is 18.1 Å². The number of nitrogens with one attached hydrogen (secondary N) is 2. The first-order valence-corrected chi connectivity index (χ1v) is 9.79. The zero-order valence-corrected chi connectivity index (χ0v) is 17.5. The molecule has 1 aromatic carbocycles. The number of ether oxygens (including phenoxy) is 1. The van der Waals surface area contributed by atoms with Gasteiger partial charge in [0.1, 0.15) is 18.0 Å². The molecule has 0 radical (unpaired) electrons. The highest BCUT2D eigenvalue weighted by molar-refractivity contribution is 5.88. The smallest absolute Gasteiger partial charge is 0.319 e. The number of hydrogen-bond donors (Lipinski definition) is 2. The highest BCUT2D eigenvalue weighted by Crippen LogP contribution is 2.22. The lowest BCUT2D eigenvalue weighted by molar-refractivity contribution is -0.132. The molecule has 0 unspecified atom stereocenters. The lowest BCUT2D eigenvalue weighted by Crippen LogP contribution is -2.50. The molecular weight excluding hydrogens is 386 g/mol. The van der Waals surface area contributed by atoms with Gasteiger partial charge in [0.05, 0.1) is 7.11 Å². The third kappa shape index (κ3) is 4.73. The molecule has 0 spiro atoms. The van der Waals surface area contributed by atoms with E-state index < -0.39 is 11.6 Å². The summed E-state index contributed by atoms with van der Waals surface area (Å²) in [4.78, 5) is 41.0. The Hall–Kier alpha value is -3.49. The molecule has 9 nitrogen and oxygen atoms in total. The quantitative estimate of drug-likeness (QED) is 0.770. The van der Waals surface area contributed by atoms with E-state index in [2.05, 4.69) is 15.5 Å².